The minimum absolute atomic E-state index is 0.0332. The summed E-state index contributed by atoms with van der Waals surface area (Å²) in [4.78, 5) is 0. The Labute approximate surface area is 178 Å². The standard InChI is InChI=1S/C22H30BClN2O3/c1-13-10-14(13)19-16(24)11-17-15(12-25-26(17)18-8-6-7-9-27-18)20(19)23-28-21(2,3)22(4,5)29-23/h11-14,18H,6-10H2,1-5H3. The highest BCUT2D eigenvalue weighted by Gasteiger charge is 2.54. The number of benzene rings is 1. The third-order valence-corrected chi connectivity index (χ3v) is 7.65. The number of hydrogen-bond acceptors (Lipinski definition) is 4. The summed E-state index contributed by atoms with van der Waals surface area (Å²) in [6.45, 7) is 11.4. The van der Waals surface area contributed by atoms with E-state index in [-0.39, 0.29) is 6.23 Å². The Morgan fingerprint density at radius 3 is 2.45 bits per heavy atom. The second kappa shape index (κ2) is 6.71. The molecule has 5 rings (SSSR count). The molecule has 1 aromatic heterocycles. The van der Waals surface area contributed by atoms with Gasteiger partial charge in [0.15, 0.2) is 6.23 Å². The van der Waals surface area contributed by atoms with Crippen LogP contribution < -0.4 is 5.46 Å². The van der Waals surface area contributed by atoms with Crippen molar-refractivity contribution in [1.82, 2.24) is 9.78 Å². The molecule has 3 heterocycles. The highest BCUT2D eigenvalue weighted by atomic mass is 35.5. The van der Waals surface area contributed by atoms with Crippen LogP contribution in [0, 0.1) is 5.92 Å². The lowest BCUT2D eigenvalue weighted by Gasteiger charge is -2.32. The van der Waals surface area contributed by atoms with Crippen molar-refractivity contribution in [2.24, 2.45) is 5.92 Å². The van der Waals surface area contributed by atoms with Gasteiger partial charge in [-0.05, 0) is 82.3 Å². The van der Waals surface area contributed by atoms with Gasteiger partial charge in [0.25, 0.3) is 0 Å². The largest absolute Gasteiger partial charge is 0.495 e. The summed E-state index contributed by atoms with van der Waals surface area (Å²) in [5.41, 5.74) is 2.43. The van der Waals surface area contributed by atoms with Crippen LogP contribution in [0.5, 0.6) is 0 Å². The van der Waals surface area contributed by atoms with Crippen LogP contribution in [0.4, 0.5) is 0 Å². The van der Waals surface area contributed by atoms with Crippen molar-refractivity contribution < 1.29 is 14.0 Å². The van der Waals surface area contributed by atoms with Gasteiger partial charge in [0.05, 0.1) is 22.9 Å². The average molecular weight is 417 g/mol. The van der Waals surface area contributed by atoms with Crippen molar-refractivity contribution in [3.8, 4) is 0 Å². The number of halogens is 1. The van der Waals surface area contributed by atoms with Gasteiger partial charge in [-0.3, -0.25) is 0 Å². The molecular formula is C22H30BClN2O3. The quantitative estimate of drug-likeness (QED) is 0.673. The van der Waals surface area contributed by atoms with Crippen LogP contribution in [0.1, 0.15) is 78.0 Å². The summed E-state index contributed by atoms with van der Waals surface area (Å²) in [5, 5.41) is 6.58. The first-order chi connectivity index (χ1) is 13.7. The van der Waals surface area contributed by atoms with Gasteiger partial charge in [-0.25, -0.2) is 4.68 Å². The second-order valence-electron chi connectivity index (χ2n) is 9.94. The zero-order valence-corrected chi connectivity index (χ0v) is 18.8. The van der Waals surface area contributed by atoms with Crippen molar-refractivity contribution >= 4 is 35.1 Å². The molecule has 1 saturated carbocycles. The average Bonchev–Trinajstić information content (AvgIpc) is 3.14. The minimum atomic E-state index is -0.450. The third-order valence-electron chi connectivity index (χ3n) is 7.33. The van der Waals surface area contributed by atoms with Gasteiger partial charge >= 0.3 is 7.12 Å². The Balaban J connectivity index is 1.67. The van der Waals surface area contributed by atoms with E-state index >= 15 is 0 Å². The predicted octanol–water partition coefficient (Wildman–Crippen LogP) is 4.81. The minimum Gasteiger partial charge on any atom is -0.399 e. The number of fused-ring (bicyclic) bond motifs is 1. The predicted molar refractivity (Wildman–Crippen MR) is 116 cm³/mol. The Kier molecular flexibility index (Phi) is 4.60. The van der Waals surface area contributed by atoms with Gasteiger partial charge in [0, 0.05) is 17.0 Å². The molecule has 5 nitrogen and oxygen atoms in total. The molecule has 0 N–H and O–H groups in total. The van der Waals surface area contributed by atoms with Crippen LogP contribution >= 0.6 is 11.6 Å². The maximum absolute atomic E-state index is 6.90. The Bertz CT molecular complexity index is 935. The summed E-state index contributed by atoms with van der Waals surface area (Å²) in [6.07, 6.45) is 6.30. The number of ether oxygens (including phenoxy) is 1. The first-order valence-corrected chi connectivity index (χ1v) is 11.2. The Morgan fingerprint density at radius 1 is 1.17 bits per heavy atom. The molecule has 3 aliphatic rings. The van der Waals surface area contributed by atoms with E-state index in [0.29, 0.717) is 11.8 Å². The number of rotatable bonds is 3. The van der Waals surface area contributed by atoms with Crippen LogP contribution in [0.2, 0.25) is 5.02 Å². The fourth-order valence-electron chi connectivity index (χ4n) is 4.66. The molecule has 156 valence electrons. The molecule has 29 heavy (non-hydrogen) atoms. The molecule has 0 spiro atoms. The van der Waals surface area contributed by atoms with Crippen molar-refractivity contribution in [2.45, 2.75) is 83.6 Å². The molecule has 7 heteroatoms. The van der Waals surface area contributed by atoms with Crippen molar-refractivity contribution in [2.75, 3.05) is 6.61 Å². The molecule has 3 atom stereocenters. The summed E-state index contributed by atoms with van der Waals surface area (Å²) in [7, 11) is -0.450. The fourth-order valence-corrected chi connectivity index (χ4v) is 5.00. The monoisotopic (exact) mass is 416 g/mol. The lowest BCUT2D eigenvalue weighted by molar-refractivity contribution is -0.0366. The number of hydrogen-bond donors (Lipinski definition) is 0. The molecule has 1 aromatic carbocycles. The van der Waals surface area contributed by atoms with E-state index in [1.165, 1.54) is 5.56 Å². The van der Waals surface area contributed by atoms with E-state index in [4.69, 9.17) is 30.7 Å². The van der Waals surface area contributed by atoms with Crippen LogP contribution in [0.3, 0.4) is 0 Å². The van der Waals surface area contributed by atoms with Gasteiger partial charge < -0.3 is 14.0 Å². The first-order valence-electron chi connectivity index (χ1n) is 10.9. The summed E-state index contributed by atoms with van der Waals surface area (Å²) in [6, 6.07) is 2.07. The zero-order valence-electron chi connectivity index (χ0n) is 18.0. The highest BCUT2D eigenvalue weighted by Crippen LogP contribution is 2.50. The van der Waals surface area contributed by atoms with Crippen LogP contribution in [0.25, 0.3) is 10.9 Å². The van der Waals surface area contributed by atoms with Gasteiger partial charge in [-0.1, -0.05) is 18.5 Å². The Morgan fingerprint density at radius 2 is 1.86 bits per heavy atom. The first kappa shape index (κ1) is 19.9. The van der Waals surface area contributed by atoms with E-state index in [9.17, 15) is 0 Å². The fraction of sp³-hybridized carbons (Fsp3) is 0.682. The van der Waals surface area contributed by atoms with Crippen molar-refractivity contribution in [3.63, 3.8) is 0 Å². The smallest absolute Gasteiger partial charge is 0.399 e. The van der Waals surface area contributed by atoms with Crippen LogP contribution in [-0.2, 0) is 14.0 Å². The SMILES string of the molecule is CC1CC1c1c(Cl)cc2c(cnn2C2CCCCO2)c1B1OC(C)(C)C(C)(C)O1. The van der Waals surface area contributed by atoms with Gasteiger partial charge in [-0.15, -0.1) is 0 Å². The molecule has 1 aliphatic carbocycles. The second-order valence-corrected chi connectivity index (χ2v) is 10.3. The summed E-state index contributed by atoms with van der Waals surface area (Å²) >= 11 is 6.90. The topological polar surface area (TPSA) is 45.5 Å². The third kappa shape index (κ3) is 3.15. The lowest BCUT2D eigenvalue weighted by atomic mass is 9.72. The maximum atomic E-state index is 6.90. The van der Waals surface area contributed by atoms with Crippen molar-refractivity contribution in [3.05, 3.63) is 22.8 Å². The molecule has 0 radical (unpaired) electrons. The molecule has 2 saturated heterocycles. The van der Waals surface area contributed by atoms with E-state index in [1.54, 1.807) is 0 Å². The lowest BCUT2D eigenvalue weighted by Crippen LogP contribution is -2.41. The molecule has 2 aliphatic heterocycles. The molecular weight excluding hydrogens is 387 g/mol. The van der Waals surface area contributed by atoms with E-state index in [2.05, 4.69) is 40.7 Å². The Hall–Kier alpha value is -1.08. The van der Waals surface area contributed by atoms with E-state index < -0.39 is 18.3 Å². The normalized spacial score (nSPS) is 30.8. The summed E-state index contributed by atoms with van der Waals surface area (Å²) < 4.78 is 20.9. The molecule has 3 unspecified atom stereocenters. The van der Waals surface area contributed by atoms with Crippen molar-refractivity contribution in [1.29, 1.82) is 0 Å². The molecule has 0 bridgehead atoms. The summed E-state index contributed by atoms with van der Waals surface area (Å²) in [5.74, 6) is 1.08. The van der Waals surface area contributed by atoms with Gasteiger partial charge in [-0.2, -0.15) is 5.10 Å². The van der Waals surface area contributed by atoms with Crippen LogP contribution in [-0.4, -0.2) is 34.7 Å². The van der Waals surface area contributed by atoms with Gasteiger partial charge in [0.1, 0.15) is 0 Å². The van der Waals surface area contributed by atoms with E-state index in [1.807, 2.05) is 10.9 Å². The molecule has 3 fully saturated rings. The number of nitrogens with zero attached hydrogens (tertiary/aromatic N) is 2. The van der Waals surface area contributed by atoms with Gasteiger partial charge in [0.2, 0.25) is 0 Å². The maximum Gasteiger partial charge on any atom is 0.495 e. The molecule has 0 amide bonds. The number of aromatic nitrogens is 2. The zero-order chi connectivity index (χ0) is 20.6. The molecule has 2 aromatic rings. The van der Waals surface area contributed by atoms with Crippen LogP contribution in [0.15, 0.2) is 12.3 Å². The highest BCUT2D eigenvalue weighted by molar-refractivity contribution is 6.66. The van der Waals surface area contributed by atoms with E-state index in [0.717, 1.165) is 53.7 Å².